The van der Waals surface area contributed by atoms with E-state index in [1.807, 2.05) is 6.92 Å². The van der Waals surface area contributed by atoms with Crippen LogP contribution in [0.25, 0.3) is 0 Å². The fourth-order valence-electron chi connectivity index (χ4n) is 1.74. The van der Waals surface area contributed by atoms with Crippen LogP contribution in [0.5, 0.6) is 0 Å². The van der Waals surface area contributed by atoms with Gasteiger partial charge in [0.15, 0.2) is 5.78 Å². The van der Waals surface area contributed by atoms with Crippen molar-refractivity contribution in [3.05, 3.63) is 18.2 Å². The highest BCUT2D eigenvalue weighted by Crippen LogP contribution is 2.23. The molecule has 1 aromatic heterocycles. The normalized spacial score (nSPS) is 14.9. The number of aliphatic hydroxyl groups excluding tert-OH is 1. The molecule has 2 unspecified atom stereocenters. The third-order valence-corrected chi connectivity index (χ3v) is 2.79. The van der Waals surface area contributed by atoms with Crippen molar-refractivity contribution in [1.29, 1.82) is 0 Å². The molecule has 15 heavy (non-hydrogen) atoms. The quantitative estimate of drug-likeness (QED) is 0.747. The minimum Gasteiger partial charge on any atom is -0.389 e. The van der Waals surface area contributed by atoms with E-state index >= 15 is 0 Å². The first-order valence-corrected chi connectivity index (χ1v) is 5.30. The Bertz CT molecular complexity index is 296. The number of hydrogen-bond donors (Lipinski definition) is 2. The predicted octanol–water partition coefficient (Wildman–Crippen LogP) is 1.49. The van der Waals surface area contributed by atoms with Crippen LogP contribution >= 0.6 is 0 Å². The fraction of sp³-hybridized carbons (Fsp3) is 0.636. The molecule has 0 radical (unpaired) electrons. The minimum atomic E-state index is -0.353. The van der Waals surface area contributed by atoms with Gasteiger partial charge in [0, 0.05) is 17.8 Å². The van der Waals surface area contributed by atoms with Gasteiger partial charge < -0.3 is 10.1 Å². The van der Waals surface area contributed by atoms with Crippen LogP contribution in [0.4, 0.5) is 0 Å². The second-order valence-electron chi connectivity index (χ2n) is 3.87. The monoisotopic (exact) mass is 210 g/mol. The molecule has 0 amide bonds. The van der Waals surface area contributed by atoms with Gasteiger partial charge in [-0.05, 0) is 18.8 Å². The number of aromatic nitrogens is 2. The minimum absolute atomic E-state index is 0.0479. The van der Waals surface area contributed by atoms with Gasteiger partial charge in [-0.15, -0.1) is 0 Å². The summed E-state index contributed by atoms with van der Waals surface area (Å²) in [5.41, 5.74) is 1.04. The summed E-state index contributed by atoms with van der Waals surface area (Å²) in [5, 5.41) is 8.81. The Morgan fingerprint density at radius 1 is 1.67 bits per heavy atom. The van der Waals surface area contributed by atoms with E-state index in [0.717, 1.165) is 18.5 Å². The highest BCUT2D eigenvalue weighted by molar-refractivity contribution is 5.81. The maximum absolute atomic E-state index is 11.4. The second-order valence-corrected chi connectivity index (χ2v) is 3.87. The van der Waals surface area contributed by atoms with Gasteiger partial charge >= 0.3 is 0 Å². The summed E-state index contributed by atoms with van der Waals surface area (Å²) in [6.07, 6.45) is 4.96. The largest absolute Gasteiger partial charge is 0.389 e. The SMILES string of the molecule is CCC(CC(C)c1cnc[nH]1)C(=O)CO. The third-order valence-electron chi connectivity index (χ3n) is 2.79. The summed E-state index contributed by atoms with van der Waals surface area (Å²) in [7, 11) is 0. The van der Waals surface area contributed by atoms with Crippen LogP contribution in [0.3, 0.4) is 0 Å². The second kappa shape index (κ2) is 5.66. The first-order valence-electron chi connectivity index (χ1n) is 5.30. The highest BCUT2D eigenvalue weighted by atomic mass is 16.3. The van der Waals surface area contributed by atoms with Gasteiger partial charge in [0.2, 0.25) is 0 Å². The van der Waals surface area contributed by atoms with Crippen LogP contribution in [-0.4, -0.2) is 27.5 Å². The number of rotatable bonds is 6. The van der Waals surface area contributed by atoms with Gasteiger partial charge in [-0.25, -0.2) is 4.98 Å². The van der Waals surface area contributed by atoms with Gasteiger partial charge in [-0.3, -0.25) is 4.79 Å². The number of ketones is 1. The Morgan fingerprint density at radius 3 is 2.87 bits per heavy atom. The summed E-state index contributed by atoms with van der Waals surface area (Å²) in [6.45, 7) is 3.67. The average molecular weight is 210 g/mol. The van der Waals surface area contributed by atoms with Crippen molar-refractivity contribution < 1.29 is 9.90 Å². The van der Waals surface area contributed by atoms with Crippen molar-refractivity contribution >= 4 is 5.78 Å². The van der Waals surface area contributed by atoms with E-state index in [9.17, 15) is 4.79 Å². The fourth-order valence-corrected chi connectivity index (χ4v) is 1.74. The van der Waals surface area contributed by atoms with Gasteiger partial charge in [-0.2, -0.15) is 0 Å². The number of nitrogens with one attached hydrogen (secondary N) is 1. The number of hydrogen-bond acceptors (Lipinski definition) is 3. The van der Waals surface area contributed by atoms with Crippen molar-refractivity contribution in [3.8, 4) is 0 Å². The summed E-state index contributed by atoms with van der Waals surface area (Å²) in [6, 6.07) is 0. The molecule has 1 heterocycles. The Hall–Kier alpha value is -1.16. The van der Waals surface area contributed by atoms with Gasteiger partial charge in [0.05, 0.1) is 6.33 Å². The molecule has 4 nitrogen and oxygen atoms in total. The van der Waals surface area contributed by atoms with Crippen molar-refractivity contribution in [2.45, 2.75) is 32.6 Å². The number of imidazole rings is 1. The summed E-state index contributed by atoms with van der Waals surface area (Å²) >= 11 is 0. The van der Waals surface area contributed by atoms with Crippen molar-refractivity contribution in [3.63, 3.8) is 0 Å². The lowest BCUT2D eigenvalue weighted by molar-refractivity contribution is -0.126. The van der Waals surface area contributed by atoms with Crippen LogP contribution < -0.4 is 0 Å². The molecule has 0 aromatic carbocycles. The Balaban J connectivity index is 2.56. The lowest BCUT2D eigenvalue weighted by Gasteiger charge is -2.16. The molecule has 84 valence electrons. The lowest BCUT2D eigenvalue weighted by Crippen LogP contribution is -2.19. The van der Waals surface area contributed by atoms with E-state index in [0.29, 0.717) is 0 Å². The maximum atomic E-state index is 11.4. The van der Waals surface area contributed by atoms with Crippen LogP contribution in [0, 0.1) is 5.92 Å². The number of aliphatic hydroxyl groups is 1. The summed E-state index contributed by atoms with van der Waals surface area (Å²) in [5.74, 6) is 0.158. The molecule has 1 rings (SSSR count). The van der Waals surface area contributed by atoms with E-state index in [-0.39, 0.29) is 24.2 Å². The Kier molecular flexibility index (Phi) is 4.49. The van der Waals surface area contributed by atoms with Crippen LogP contribution in [0.1, 0.15) is 38.3 Å². The van der Waals surface area contributed by atoms with E-state index in [1.165, 1.54) is 0 Å². The van der Waals surface area contributed by atoms with Crippen molar-refractivity contribution in [1.82, 2.24) is 9.97 Å². The number of carbonyl (C=O) groups excluding carboxylic acids is 1. The van der Waals surface area contributed by atoms with Crippen molar-refractivity contribution in [2.24, 2.45) is 5.92 Å². The van der Waals surface area contributed by atoms with Crippen LogP contribution in [-0.2, 0) is 4.79 Å². The van der Waals surface area contributed by atoms with Gasteiger partial charge in [-0.1, -0.05) is 13.8 Å². The zero-order valence-corrected chi connectivity index (χ0v) is 9.23. The van der Waals surface area contributed by atoms with Gasteiger partial charge in [0.1, 0.15) is 6.61 Å². The Morgan fingerprint density at radius 2 is 2.40 bits per heavy atom. The first-order chi connectivity index (χ1) is 7.19. The molecule has 2 N–H and O–H groups in total. The van der Waals surface area contributed by atoms with E-state index in [1.54, 1.807) is 12.5 Å². The Labute approximate surface area is 89.7 Å². The molecule has 0 aliphatic rings. The molecule has 0 fully saturated rings. The smallest absolute Gasteiger partial charge is 0.161 e. The van der Waals surface area contributed by atoms with E-state index in [4.69, 9.17) is 5.11 Å². The van der Waals surface area contributed by atoms with E-state index < -0.39 is 0 Å². The molecule has 0 saturated carbocycles. The first kappa shape index (κ1) is 11.9. The van der Waals surface area contributed by atoms with Crippen molar-refractivity contribution in [2.75, 3.05) is 6.61 Å². The maximum Gasteiger partial charge on any atom is 0.161 e. The molecule has 0 saturated heterocycles. The molecule has 0 aliphatic heterocycles. The zero-order chi connectivity index (χ0) is 11.3. The van der Waals surface area contributed by atoms with Gasteiger partial charge in [0.25, 0.3) is 0 Å². The standard InChI is InChI=1S/C11H18N2O2/c1-3-9(11(15)6-14)4-8(2)10-5-12-7-13-10/h5,7-9,14H,3-4,6H2,1-2H3,(H,12,13). The number of Topliss-reactive ketones (excluding diaryl/α,β-unsaturated/α-hetero) is 1. The molecule has 4 heteroatoms. The molecule has 0 bridgehead atoms. The molecular weight excluding hydrogens is 192 g/mol. The third kappa shape index (κ3) is 3.16. The summed E-state index contributed by atoms with van der Waals surface area (Å²) in [4.78, 5) is 18.4. The number of nitrogens with zero attached hydrogens (tertiary/aromatic N) is 1. The highest BCUT2D eigenvalue weighted by Gasteiger charge is 2.19. The number of H-pyrrole nitrogens is 1. The molecule has 2 atom stereocenters. The molecule has 0 aliphatic carbocycles. The number of aromatic amines is 1. The number of carbonyl (C=O) groups is 1. The molecule has 0 spiro atoms. The summed E-state index contributed by atoms with van der Waals surface area (Å²) < 4.78 is 0. The molecule has 1 aromatic rings. The van der Waals surface area contributed by atoms with Crippen LogP contribution in [0.2, 0.25) is 0 Å². The van der Waals surface area contributed by atoms with E-state index in [2.05, 4.69) is 16.9 Å². The molecular formula is C11H18N2O2. The zero-order valence-electron chi connectivity index (χ0n) is 9.23. The topological polar surface area (TPSA) is 66.0 Å². The average Bonchev–Trinajstić information content (AvgIpc) is 2.77. The lowest BCUT2D eigenvalue weighted by atomic mass is 9.89. The van der Waals surface area contributed by atoms with Crippen LogP contribution in [0.15, 0.2) is 12.5 Å². The predicted molar refractivity (Wildman–Crippen MR) is 57.5 cm³/mol.